The highest BCUT2D eigenvalue weighted by Gasteiger charge is 2.37. The molecule has 2 saturated carbocycles. The first kappa shape index (κ1) is 26.5. The minimum Gasteiger partial charge on any atom is -0.516 e. The van der Waals surface area contributed by atoms with Crippen molar-refractivity contribution in [2.45, 2.75) is 96.9 Å². The maximum atomic E-state index is 13.1. The van der Waals surface area contributed by atoms with Crippen LogP contribution in [0.2, 0.25) is 0 Å². The molecule has 0 spiro atoms. The number of hydrogen-bond acceptors (Lipinski definition) is 4. The summed E-state index contributed by atoms with van der Waals surface area (Å²) in [6.07, 6.45) is 4.91. The van der Waals surface area contributed by atoms with Crippen molar-refractivity contribution in [1.29, 1.82) is 0 Å². The van der Waals surface area contributed by atoms with E-state index < -0.39 is 11.7 Å². The molecule has 4 unspecified atom stereocenters. The summed E-state index contributed by atoms with van der Waals surface area (Å²) in [5.41, 5.74) is 1.42. The number of pyridine rings is 1. The molecule has 8 heteroatoms. The highest BCUT2D eigenvalue weighted by Crippen LogP contribution is 2.35. The molecular formula is C26H38F3N3O2. The van der Waals surface area contributed by atoms with Crippen molar-refractivity contribution < 1.29 is 23.1 Å². The van der Waals surface area contributed by atoms with Gasteiger partial charge in [0.25, 0.3) is 0 Å². The maximum absolute atomic E-state index is 13.1. The van der Waals surface area contributed by atoms with E-state index in [9.17, 15) is 23.1 Å². The summed E-state index contributed by atoms with van der Waals surface area (Å²) in [5, 5.41) is 13.2. The first-order chi connectivity index (χ1) is 16.2. The average molecular weight is 482 g/mol. The minimum atomic E-state index is -4.43. The molecule has 2 fully saturated rings. The lowest BCUT2D eigenvalue weighted by Crippen LogP contribution is -2.44. The first-order valence-electron chi connectivity index (χ1n) is 12.6. The quantitative estimate of drug-likeness (QED) is 0.537. The van der Waals surface area contributed by atoms with E-state index in [4.69, 9.17) is 0 Å². The molecule has 5 nitrogen and oxygen atoms in total. The number of nitrogens with one attached hydrogen (secondary N) is 1. The van der Waals surface area contributed by atoms with Crippen LogP contribution in [-0.2, 0) is 23.9 Å². The zero-order chi connectivity index (χ0) is 24.9. The van der Waals surface area contributed by atoms with Gasteiger partial charge in [0.15, 0.2) is 0 Å². The van der Waals surface area contributed by atoms with Gasteiger partial charge in [-0.05, 0) is 61.6 Å². The number of halogens is 3. The Bertz CT molecular complexity index is 871. The Balaban J connectivity index is 0.00000103. The van der Waals surface area contributed by atoms with Gasteiger partial charge in [-0.15, -0.1) is 0 Å². The topological polar surface area (TPSA) is 65.5 Å². The molecule has 0 saturated heterocycles. The number of carbonyl (C=O) groups is 1. The molecule has 3 aliphatic rings. The summed E-state index contributed by atoms with van der Waals surface area (Å²) in [5.74, 6) is 0.357. The lowest BCUT2D eigenvalue weighted by Gasteiger charge is -2.34. The number of hydrogen-bond donors (Lipinski definition) is 2. The number of aliphatic hydroxyl groups excluding tert-OH is 1. The molecular weight excluding hydrogens is 443 g/mol. The molecule has 0 aromatic carbocycles. The van der Waals surface area contributed by atoms with Crippen molar-refractivity contribution >= 4 is 5.91 Å². The van der Waals surface area contributed by atoms with E-state index in [-0.39, 0.29) is 30.5 Å². The van der Waals surface area contributed by atoms with Crippen molar-refractivity contribution in [3.8, 4) is 0 Å². The predicted octanol–water partition coefficient (Wildman–Crippen LogP) is 5.79. The molecule has 1 aliphatic heterocycles. The van der Waals surface area contributed by atoms with Crippen molar-refractivity contribution in [3.63, 3.8) is 0 Å². The molecule has 2 heterocycles. The van der Waals surface area contributed by atoms with Gasteiger partial charge in [0.2, 0.25) is 5.91 Å². The molecule has 1 amide bonds. The summed E-state index contributed by atoms with van der Waals surface area (Å²) >= 11 is 0. The minimum absolute atomic E-state index is 0.0296. The molecule has 4 rings (SSSR count). The highest BCUT2D eigenvalue weighted by atomic mass is 19.4. The lowest BCUT2D eigenvalue weighted by molar-refractivity contribution is -0.137. The van der Waals surface area contributed by atoms with E-state index in [1.54, 1.807) is 4.90 Å². The molecule has 4 atom stereocenters. The van der Waals surface area contributed by atoms with Crippen LogP contribution in [0, 0.1) is 11.8 Å². The third-order valence-electron chi connectivity index (χ3n) is 7.13. The Morgan fingerprint density at radius 3 is 2.68 bits per heavy atom. The van der Waals surface area contributed by atoms with E-state index >= 15 is 0 Å². The van der Waals surface area contributed by atoms with Crippen LogP contribution in [0.3, 0.4) is 0 Å². The zero-order valence-corrected chi connectivity index (χ0v) is 20.5. The third kappa shape index (κ3) is 6.32. The van der Waals surface area contributed by atoms with Gasteiger partial charge in [0, 0.05) is 49.4 Å². The molecule has 1 aromatic rings. The molecule has 2 N–H and O–H groups in total. The van der Waals surface area contributed by atoms with Crippen molar-refractivity contribution in [2.24, 2.45) is 11.8 Å². The Morgan fingerprint density at radius 1 is 1.26 bits per heavy atom. The van der Waals surface area contributed by atoms with Gasteiger partial charge in [-0.2, -0.15) is 13.2 Å². The summed E-state index contributed by atoms with van der Waals surface area (Å²) in [7, 11) is 0. The number of carbonyl (C=O) groups excluding carboxylic acids is 1. The van der Waals surface area contributed by atoms with E-state index in [0.717, 1.165) is 56.4 Å². The van der Waals surface area contributed by atoms with Gasteiger partial charge in [-0.25, -0.2) is 0 Å². The Labute approximate surface area is 200 Å². The predicted molar refractivity (Wildman–Crippen MR) is 126 cm³/mol. The number of aliphatic hydroxyl groups is 1. The van der Waals surface area contributed by atoms with Crippen LogP contribution in [0.4, 0.5) is 13.2 Å². The van der Waals surface area contributed by atoms with Gasteiger partial charge in [0.05, 0.1) is 11.8 Å². The second-order valence-electron chi connectivity index (χ2n) is 9.97. The summed E-state index contributed by atoms with van der Waals surface area (Å²) in [4.78, 5) is 18.8. The number of alkyl halides is 3. The maximum Gasteiger partial charge on any atom is 0.417 e. The van der Waals surface area contributed by atoms with Crippen LogP contribution in [0.1, 0.15) is 82.5 Å². The Kier molecular flexibility index (Phi) is 9.01. The van der Waals surface area contributed by atoms with Gasteiger partial charge in [-0.1, -0.05) is 27.2 Å². The van der Waals surface area contributed by atoms with Crippen LogP contribution in [0.5, 0.6) is 0 Å². The smallest absolute Gasteiger partial charge is 0.417 e. The Hall–Kier alpha value is -2.09. The van der Waals surface area contributed by atoms with Crippen LogP contribution in [0.15, 0.2) is 24.1 Å². The molecule has 2 aliphatic carbocycles. The number of rotatable bonds is 3. The second kappa shape index (κ2) is 11.6. The lowest BCUT2D eigenvalue weighted by atomic mass is 9.82. The highest BCUT2D eigenvalue weighted by molar-refractivity contribution is 5.79. The van der Waals surface area contributed by atoms with Gasteiger partial charge in [-0.3, -0.25) is 9.78 Å². The largest absolute Gasteiger partial charge is 0.516 e. The molecule has 0 radical (unpaired) electrons. The second-order valence-corrected chi connectivity index (χ2v) is 9.97. The van der Waals surface area contributed by atoms with Crippen LogP contribution in [0.25, 0.3) is 0 Å². The van der Waals surface area contributed by atoms with E-state index in [0.29, 0.717) is 30.1 Å². The molecule has 34 heavy (non-hydrogen) atoms. The normalized spacial score (nSPS) is 28.3. The Morgan fingerprint density at radius 2 is 2.00 bits per heavy atom. The first-order valence-corrected chi connectivity index (χ1v) is 12.6. The number of amides is 1. The fourth-order valence-electron chi connectivity index (χ4n) is 5.37. The van der Waals surface area contributed by atoms with Crippen LogP contribution >= 0.6 is 0 Å². The fraction of sp³-hybridized carbons (Fsp3) is 0.692. The SMILES string of the molecule is CC1CCC/C(=C\O)C1NC1CCC(C(=O)N2CCc3ncc(C(F)(F)F)cc3C2)C1.CCC. The van der Waals surface area contributed by atoms with E-state index in [1.165, 1.54) is 12.7 Å². The van der Waals surface area contributed by atoms with Crippen molar-refractivity contribution in [3.05, 3.63) is 40.9 Å². The van der Waals surface area contributed by atoms with E-state index in [1.807, 2.05) is 0 Å². The fourth-order valence-corrected chi connectivity index (χ4v) is 5.37. The summed E-state index contributed by atoms with van der Waals surface area (Å²) in [6, 6.07) is 1.49. The average Bonchev–Trinajstić information content (AvgIpc) is 3.27. The van der Waals surface area contributed by atoms with Gasteiger partial charge >= 0.3 is 6.18 Å². The van der Waals surface area contributed by atoms with Crippen LogP contribution < -0.4 is 5.32 Å². The van der Waals surface area contributed by atoms with Crippen molar-refractivity contribution in [1.82, 2.24) is 15.2 Å². The monoisotopic (exact) mass is 481 g/mol. The number of nitrogens with zero attached hydrogens (tertiary/aromatic N) is 2. The van der Waals surface area contributed by atoms with Crippen molar-refractivity contribution in [2.75, 3.05) is 6.54 Å². The van der Waals surface area contributed by atoms with Gasteiger partial charge in [0.1, 0.15) is 0 Å². The van der Waals surface area contributed by atoms with Gasteiger partial charge < -0.3 is 15.3 Å². The number of aromatic nitrogens is 1. The third-order valence-corrected chi connectivity index (χ3v) is 7.13. The van der Waals surface area contributed by atoms with E-state index in [2.05, 4.69) is 31.1 Å². The van der Waals surface area contributed by atoms with Crippen LogP contribution in [-0.4, -0.2) is 39.5 Å². The molecule has 1 aromatic heterocycles. The molecule has 190 valence electrons. The summed E-state index contributed by atoms with van der Waals surface area (Å²) in [6.45, 7) is 7.12. The number of fused-ring (bicyclic) bond motifs is 1. The molecule has 0 bridgehead atoms. The zero-order valence-electron chi connectivity index (χ0n) is 20.5. The summed E-state index contributed by atoms with van der Waals surface area (Å²) < 4.78 is 39.1. The standard InChI is InChI=1S/C23H30F3N3O2.C3H8/c1-14-3-2-4-16(13-30)21(14)28-19-6-5-15(10-19)22(31)29-8-7-20-17(12-29)9-18(11-27-20)23(24,25)26;1-3-2/h9,11,13-15,19,21,28,30H,2-8,10,12H2,1H3;3H2,1-2H3/b16-13+;.